The molecule has 16 heavy (non-hydrogen) atoms. The van der Waals surface area contributed by atoms with Crippen molar-refractivity contribution >= 4 is 17.8 Å². The van der Waals surface area contributed by atoms with Crippen LogP contribution in [0.15, 0.2) is 24.3 Å². The van der Waals surface area contributed by atoms with Gasteiger partial charge in [0.2, 0.25) is 0 Å². The summed E-state index contributed by atoms with van der Waals surface area (Å²) in [6, 6.07) is 4.44. The zero-order chi connectivity index (χ0) is 12.1. The Hall–Kier alpha value is -1.97. The minimum atomic E-state index is -0.987. The van der Waals surface area contributed by atoms with Gasteiger partial charge in [0.1, 0.15) is 5.82 Å². The average molecular weight is 222 g/mol. The lowest BCUT2D eigenvalue weighted by atomic mass is 10.1. The van der Waals surface area contributed by atoms with Gasteiger partial charge in [-0.15, -0.1) is 0 Å². The minimum Gasteiger partial charge on any atom is -0.481 e. The van der Waals surface area contributed by atoms with Gasteiger partial charge < -0.3 is 5.11 Å². The molecular formula is C12H11FO3. The van der Waals surface area contributed by atoms with E-state index < -0.39 is 11.8 Å². The summed E-state index contributed by atoms with van der Waals surface area (Å²) >= 11 is 0. The van der Waals surface area contributed by atoms with Crippen LogP contribution in [0, 0.1) is 5.82 Å². The largest absolute Gasteiger partial charge is 0.481 e. The van der Waals surface area contributed by atoms with Crippen molar-refractivity contribution in [3.05, 3.63) is 41.2 Å². The molecule has 0 radical (unpaired) electrons. The van der Waals surface area contributed by atoms with Crippen LogP contribution in [0.1, 0.15) is 29.3 Å². The second-order valence-corrected chi connectivity index (χ2v) is 3.27. The van der Waals surface area contributed by atoms with Crippen molar-refractivity contribution in [3.8, 4) is 0 Å². The number of halogens is 1. The number of carboxylic acids is 1. The van der Waals surface area contributed by atoms with Crippen LogP contribution >= 0.6 is 0 Å². The molecule has 0 unspecified atom stereocenters. The van der Waals surface area contributed by atoms with Crippen molar-refractivity contribution in [3.63, 3.8) is 0 Å². The molecule has 1 aromatic carbocycles. The molecule has 0 aromatic heterocycles. The van der Waals surface area contributed by atoms with Crippen molar-refractivity contribution < 1.29 is 19.1 Å². The molecule has 0 heterocycles. The van der Waals surface area contributed by atoms with E-state index >= 15 is 0 Å². The standard InChI is InChI=1S/C12H11FO3/c1-8(14)10-6-2-4-9(12(10)13)5-3-7-11(15)16/h2-6H,7H2,1H3,(H,15,16). The lowest BCUT2D eigenvalue weighted by Gasteiger charge is -2.01. The normalized spacial score (nSPS) is 10.6. The number of carbonyl (C=O) groups is 2. The number of carbonyl (C=O) groups excluding carboxylic acids is 1. The highest BCUT2D eigenvalue weighted by molar-refractivity contribution is 5.95. The summed E-state index contributed by atoms with van der Waals surface area (Å²) in [5, 5.41) is 8.40. The first kappa shape index (κ1) is 12.1. The Morgan fingerprint density at radius 3 is 2.69 bits per heavy atom. The number of carboxylic acid groups (broad SMARTS) is 1. The number of hydrogen-bond donors (Lipinski definition) is 1. The van der Waals surface area contributed by atoms with Gasteiger partial charge in [-0.3, -0.25) is 9.59 Å². The summed E-state index contributed by atoms with van der Waals surface area (Å²) < 4.78 is 13.6. The molecule has 0 aliphatic carbocycles. The molecule has 1 N–H and O–H groups in total. The van der Waals surface area contributed by atoms with Gasteiger partial charge in [0.25, 0.3) is 0 Å². The van der Waals surface area contributed by atoms with Gasteiger partial charge >= 0.3 is 5.97 Å². The highest BCUT2D eigenvalue weighted by Crippen LogP contribution is 2.15. The Bertz CT molecular complexity index is 450. The second kappa shape index (κ2) is 5.21. The predicted octanol–water partition coefficient (Wildman–Crippen LogP) is 2.52. The van der Waals surface area contributed by atoms with E-state index in [0.717, 1.165) is 0 Å². The fraction of sp³-hybridized carbons (Fsp3) is 0.167. The predicted molar refractivity (Wildman–Crippen MR) is 57.7 cm³/mol. The average Bonchev–Trinajstić information content (AvgIpc) is 2.19. The zero-order valence-electron chi connectivity index (χ0n) is 8.74. The maximum absolute atomic E-state index is 13.6. The maximum Gasteiger partial charge on any atom is 0.307 e. The molecule has 4 heteroatoms. The molecule has 0 bridgehead atoms. The fourth-order valence-electron chi connectivity index (χ4n) is 1.24. The van der Waals surface area contributed by atoms with Gasteiger partial charge in [0.05, 0.1) is 12.0 Å². The number of rotatable bonds is 4. The van der Waals surface area contributed by atoms with Crippen LogP contribution in [0.3, 0.4) is 0 Å². The van der Waals surface area contributed by atoms with E-state index in [1.807, 2.05) is 0 Å². The highest BCUT2D eigenvalue weighted by Gasteiger charge is 2.09. The Kier molecular flexibility index (Phi) is 3.94. The first-order valence-electron chi connectivity index (χ1n) is 4.70. The van der Waals surface area contributed by atoms with Gasteiger partial charge in [0.15, 0.2) is 5.78 Å². The monoisotopic (exact) mass is 222 g/mol. The molecular weight excluding hydrogens is 211 g/mol. The summed E-state index contributed by atoms with van der Waals surface area (Å²) in [4.78, 5) is 21.3. The highest BCUT2D eigenvalue weighted by atomic mass is 19.1. The summed E-state index contributed by atoms with van der Waals surface area (Å²) in [7, 11) is 0. The van der Waals surface area contributed by atoms with Crippen LogP contribution in [0.2, 0.25) is 0 Å². The van der Waals surface area contributed by atoms with E-state index in [9.17, 15) is 14.0 Å². The SMILES string of the molecule is CC(=O)c1cccc(C=CCC(=O)O)c1F. The van der Waals surface area contributed by atoms with Crippen molar-refractivity contribution in [2.75, 3.05) is 0 Å². The third-order valence-corrected chi connectivity index (χ3v) is 2.00. The number of aliphatic carboxylic acids is 1. The fourth-order valence-corrected chi connectivity index (χ4v) is 1.24. The molecule has 0 saturated heterocycles. The molecule has 0 aliphatic rings. The van der Waals surface area contributed by atoms with Crippen molar-refractivity contribution in [2.24, 2.45) is 0 Å². The van der Waals surface area contributed by atoms with Gasteiger partial charge in [-0.2, -0.15) is 0 Å². The van der Waals surface area contributed by atoms with E-state index in [2.05, 4.69) is 0 Å². The molecule has 84 valence electrons. The molecule has 0 amide bonds. The summed E-state index contributed by atoms with van der Waals surface area (Å²) in [6.45, 7) is 1.28. The van der Waals surface area contributed by atoms with E-state index in [1.54, 1.807) is 6.07 Å². The van der Waals surface area contributed by atoms with E-state index in [1.165, 1.54) is 31.2 Å². The van der Waals surface area contributed by atoms with Crippen LogP contribution in [0.5, 0.6) is 0 Å². The Balaban J connectivity index is 2.97. The number of ketones is 1. The van der Waals surface area contributed by atoms with Crippen molar-refractivity contribution in [1.29, 1.82) is 0 Å². The Morgan fingerprint density at radius 2 is 2.12 bits per heavy atom. The van der Waals surface area contributed by atoms with Crippen LogP contribution in [-0.2, 0) is 4.79 Å². The molecule has 1 aromatic rings. The topological polar surface area (TPSA) is 54.4 Å². The first-order chi connectivity index (χ1) is 7.52. The number of benzene rings is 1. The van der Waals surface area contributed by atoms with Crippen molar-refractivity contribution in [1.82, 2.24) is 0 Å². The molecule has 0 saturated carbocycles. The van der Waals surface area contributed by atoms with E-state index in [-0.39, 0.29) is 23.3 Å². The molecule has 0 spiro atoms. The lowest BCUT2D eigenvalue weighted by Crippen LogP contribution is -1.98. The first-order valence-corrected chi connectivity index (χ1v) is 4.70. The quantitative estimate of drug-likeness (QED) is 0.796. The molecule has 3 nitrogen and oxygen atoms in total. The van der Waals surface area contributed by atoms with Crippen LogP contribution in [0.4, 0.5) is 4.39 Å². The zero-order valence-corrected chi connectivity index (χ0v) is 8.74. The summed E-state index contributed by atoms with van der Waals surface area (Å²) in [6.07, 6.45) is 2.52. The molecule has 0 atom stereocenters. The Labute approximate surface area is 92.2 Å². The van der Waals surface area contributed by atoms with Crippen molar-refractivity contribution in [2.45, 2.75) is 13.3 Å². The number of hydrogen-bond acceptors (Lipinski definition) is 2. The third-order valence-electron chi connectivity index (χ3n) is 2.00. The summed E-state index contributed by atoms with van der Waals surface area (Å²) in [5.41, 5.74) is 0.228. The second-order valence-electron chi connectivity index (χ2n) is 3.27. The van der Waals surface area contributed by atoms with Gasteiger partial charge in [0, 0.05) is 5.56 Å². The smallest absolute Gasteiger partial charge is 0.307 e. The summed E-state index contributed by atoms with van der Waals surface area (Å²) in [5.74, 6) is -1.96. The molecule has 0 fully saturated rings. The minimum absolute atomic E-state index is 0.0116. The van der Waals surface area contributed by atoms with Gasteiger partial charge in [-0.25, -0.2) is 4.39 Å². The Morgan fingerprint density at radius 1 is 1.44 bits per heavy atom. The van der Waals surface area contributed by atoms with Crippen LogP contribution in [-0.4, -0.2) is 16.9 Å². The van der Waals surface area contributed by atoms with E-state index in [0.29, 0.717) is 0 Å². The van der Waals surface area contributed by atoms with Gasteiger partial charge in [-0.05, 0) is 13.0 Å². The van der Waals surface area contributed by atoms with Crippen LogP contribution in [0.25, 0.3) is 6.08 Å². The van der Waals surface area contributed by atoms with Crippen LogP contribution < -0.4 is 0 Å². The third kappa shape index (κ3) is 3.02. The maximum atomic E-state index is 13.6. The van der Waals surface area contributed by atoms with E-state index in [4.69, 9.17) is 5.11 Å². The lowest BCUT2D eigenvalue weighted by molar-refractivity contribution is -0.135. The van der Waals surface area contributed by atoms with Gasteiger partial charge in [-0.1, -0.05) is 24.3 Å². The number of Topliss-reactive ketones (excluding diaryl/α,β-unsaturated/α-hetero) is 1. The molecule has 1 rings (SSSR count). The molecule has 0 aliphatic heterocycles.